The van der Waals surface area contributed by atoms with Crippen LogP contribution in [0, 0.1) is 0 Å². The minimum Gasteiger partial charge on any atom is -0.489 e. The molecule has 0 spiro atoms. The number of carbonyl (C=O) groups excluding carboxylic acids is 2. The van der Waals surface area contributed by atoms with Crippen LogP contribution in [0.15, 0.2) is 48.5 Å². The molecule has 0 saturated heterocycles. The quantitative estimate of drug-likeness (QED) is 0.685. The van der Waals surface area contributed by atoms with Crippen molar-refractivity contribution >= 4 is 28.9 Å². The number of rotatable bonds is 9. The summed E-state index contributed by atoms with van der Waals surface area (Å²) in [5, 5.41) is 2.87. The fraction of sp³-hybridized carbons (Fsp3) is 0.391. The summed E-state index contributed by atoms with van der Waals surface area (Å²) in [5.41, 5.74) is 2.39. The Balaban J connectivity index is 2.12. The summed E-state index contributed by atoms with van der Waals surface area (Å²) >= 11 is 0. The van der Waals surface area contributed by atoms with E-state index in [0.29, 0.717) is 17.1 Å². The average molecular weight is 398 g/mol. The molecule has 2 aromatic carbocycles. The predicted octanol–water partition coefficient (Wildman–Crippen LogP) is 4.31. The fourth-order valence-electron chi connectivity index (χ4n) is 3.09. The number of benzene rings is 2. The molecular formula is C23H31N3O3. The molecule has 0 aromatic heterocycles. The maximum atomic E-state index is 12.6. The third-order valence-corrected chi connectivity index (χ3v) is 4.48. The average Bonchev–Trinajstić information content (AvgIpc) is 2.68. The van der Waals surface area contributed by atoms with E-state index in [1.54, 1.807) is 12.1 Å². The first kappa shape index (κ1) is 22.3. The smallest absolute Gasteiger partial charge is 0.244 e. The van der Waals surface area contributed by atoms with Crippen molar-refractivity contribution in [3.8, 4) is 5.75 Å². The van der Waals surface area contributed by atoms with Gasteiger partial charge in [0, 0.05) is 31.4 Å². The summed E-state index contributed by atoms with van der Waals surface area (Å²) in [6, 6.07) is 15.0. The van der Waals surface area contributed by atoms with Gasteiger partial charge in [-0.05, 0) is 64.1 Å². The first-order valence-electron chi connectivity index (χ1n) is 10.0. The molecule has 0 unspecified atom stereocenters. The second kappa shape index (κ2) is 10.5. The third-order valence-electron chi connectivity index (χ3n) is 4.48. The molecule has 6 heteroatoms. The van der Waals surface area contributed by atoms with Crippen LogP contribution >= 0.6 is 0 Å². The summed E-state index contributed by atoms with van der Waals surface area (Å²) in [4.78, 5) is 28.5. The minimum absolute atomic E-state index is 0.0388. The highest BCUT2D eigenvalue weighted by Gasteiger charge is 2.20. The Morgan fingerprint density at radius 2 is 1.62 bits per heavy atom. The number of amides is 2. The molecule has 2 amide bonds. The molecule has 2 rings (SSSR count). The largest absolute Gasteiger partial charge is 0.489 e. The number of nitrogens with one attached hydrogen (secondary N) is 1. The summed E-state index contributed by atoms with van der Waals surface area (Å²) < 4.78 is 5.80. The molecule has 0 radical (unpaired) electrons. The monoisotopic (exact) mass is 397 g/mol. The molecule has 29 heavy (non-hydrogen) atoms. The molecule has 2 aromatic rings. The highest BCUT2D eigenvalue weighted by molar-refractivity contribution is 6.02. The molecule has 0 aliphatic rings. The van der Waals surface area contributed by atoms with Gasteiger partial charge < -0.3 is 15.0 Å². The second-order valence-corrected chi connectivity index (χ2v) is 7.01. The van der Waals surface area contributed by atoms with Crippen LogP contribution < -0.4 is 19.9 Å². The third kappa shape index (κ3) is 6.24. The fourth-order valence-corrected chi connectivity index (χ4v) is 3.09. The lowest BCUT2D eigenvalue weighted by molar-refractivity contribution is -0.120. The van der Waals surface area contributed by atoms with Crippen LogP contribution in [-0.2, 0) is 9.59 Å². The van der Waals surface area contributed by atoms with Crippen molar-refractivity contribution < 1.29 is 14.3 Å². The molecule has 0 bridgehead atoms. The van der Waals surface area contributed by atoms with Crippen molar-refractivity contribution in [2.45, 2.75) is 40.7 Å². The number of anilines is 3. The maximum Gasteiger partial charge on any atom is 0.244 e. The molecule has 0 aliphatic heterocycles. The number of hydrogen-bond donors (Lipinski definition) is 1. The van der Waals surface area contributed by atoms with Gasteiger partial charge in [-0.3, -0.25) is 14.5 Å². The summed E-state index contributed by atoms with van der Waals surface area (Å²) in [6.07, 6.45) is -0.0388. The second-order valence-electron chi connectivity index (χ2n) is 7.01. The Hall–Kier alpha value is -3.02. The van der Waals surface area contributed by atoms with Crippen LogP contribution in [0.3, 0.4) is 0 Å². The van der Waals surface area contributed by atoms with Crippen LogP contribution in [0.2, 0.25) is 0 Å². The minimum atomic E-state index is -0.268. The van der Waals surface area contributed by atoms with E-state index in [-0.39, 0.29) is 24.5 Å². The highest BCUT2D eigenvalue weighted by Crippen LogP contribution is 2.29. The van der Waals surface area contributed by atoms with Gasteiger partial charge in [0.25, 0.3) is 0 Å². The Morgan fingerprint density at radius 3 is 2.17 bits per heavy atom. The van der Waals surface area contributed by atoms with Gasteiger partial charge in [0.15, 0.2) is 0 Å². The van der Waals surface area contributed by atoms with Crippen molar-refractivity contribution in [1.82, 2.24) is 0 Å². The number of hydrogen-bond acceptors (Lipinski definition) is 4. The Kier molecular flexibility index (Phi) is 8.07. The van der Waals surface area contributed by atoms with E-state index in [1.807, 2.05) is 50.2 Å². The zero-order valence-corrected chi connectivity index (χ0v) is 17.9. The van der Waals surface area contributed by atoms with E-state index < -0.39 is 0 Å². The van der Waals surface area contributed by atoms with Crippen LogP contribution in [-0.4, -0.2) is 37.6 Å². The first-order valence-corrected chi connectivity index (χ1v) is 10.0. The predicted molar refractivity (Wildman–Crippen MR) is 119 cm³/mol. The molecule has 0 heterocycles. The topological polar surface area (TPSA) is 61.9 Å². The summed E-state index contributed by atoms with van der Waals surface area (Å²) in [7, 11) is 0. The van der Waals surface area contributed by atoms with Gasteiger partial charge in [0.05, 0.1) is 11.8 Å². The maximum absolute atomic E-state index is 12.6. The van der Waals surface area contributed by atoms with Crippen LogP contribution in [0.5, 0.6) is 5.75 Å². The van der Waals surface area contributed by atoms with Crippen molar-refractivity contribution in [2.75, 3.05) is 34.8 Å². The molecule has 0 fully saturated rings. The van der Waals surface area contributed by atoms with Crippen LogP contribution in [0.1, 0.15) is 34.6 Å². The van der Waals surface area contributed by atoms with Gasteiger partial charge in [0.1, 0.15) is 12.3 Å². The van der Waals surface area contributed by atoms with Crippen LogP contribution in [0.4, 0.5) is 17.1 Å². The summed E-state index contributed by atoms with van der Waals surface area (Å²) in [6.45, 7) is 11.3. The van der Waals surface area contributed by atoms with E-state index in [4.69, 9.17) is 4.74 Å². The van der Waals surface area contributed by atoms with Crippen molar-refractivity contribution in [3.05, 3.63) is 48.5 Å². The van der Waals surface area contributed by atoms with E-state index >= 15 is 0 Å². The number of ether oxygens (including phenoxy) is 1. The van der Waals surface area contributed by atoms with E-state index in [1.165, 1.54) is 11.8 Å². The molecule has 0 saturated carbocycles. The van der Waals surface area contributed by atoms with Crippen molar-refractivity contribution in [3.63, 3.8) is 0 Å². The Labute approximate surface area is 173 Å². The zero-order valence-electron chi connectivity index (χ0n) is 17.9. The van der Waals surface area contributed by atoms with Gasteiger partial charge in [-0.25, -0.2) is 0 Å². The zero-order chi connectivity index (χ0) is 21.4. The van der Waals surface area contributed by atoms with Crippen molar-refractivity contribution in [2.24, 2.45) is 0 Å². The molecule has 0 aliphatic carbocycles. The van der Waals surface area contributed by atoms with E-state index in [9.17, 15) is 9.59 Å². The standard InChI is InChI=1S/C23H31N3O3/c1-6-25(7-2)20-14-12-19(13-15-20)24-23(28)16-26(18(5)27)21-10-8-9-11-22(21)29-17(3)4/h8-15,17H,6-7,16H2,1-5H3,(H,24,28). The number of nitrogens with zero attached hydrogens (tertiary/aromatic N) is 2. The normalized spacial score (nSPS) is 10.6. The molecule has 156 valence electrons. The first-order chi connectivity index (χ1) is 13.8. The number of para-hydroxylation sites is 2. The lowest BCUT2D eigenvalue weighted by Crippen LogP contribution is -2.37. The lowest BCUT2D eigenvalue weighted by Gasteiger charge is -2.24. The van der Waals surface area contributed by atoms with E-state index in [2.05, 4.69) is 24.1 Å². The molecule has 0 atom stereocenters. The van der Waals surface area contributed by atoms with Crippen LogP contribution in [0.25, 0.3) is 0 Å². The lowest BCUT2D eigenvalue weighted by atomic mass is 10.2. The molecule has 1 N–H and O–H groups in total. The van der Waals surface area contributed by atoms with Gasteiger partial charge in [-0.1, -0.05) is 12.1 Å². The summed E-state index contributed by atoms with van der Waals surface area (Å²) in [5.74, 6) is 0.0843. The Bertz CT molecular complexity index is 814. The molecule has 6 nitrogen and oxygen atoms in total. The van der Waals surface area contributed by atoms with Gasteiger partial charge in [0.2, 0.25) is 11.8 Å². The van der Waals surface area contributed by atoms with Gasteiger partial charge in [-0.15, -0.1) is 0 Å². The number of carbonyl (C=O) groups is 2. The SMILES string of the molecule is CCN(CC)c1ccc(NC(=O)CN(C(C)=O)c2ccccc2OC(C)C)cc1. The highest BCUT2D eigenvalue weighted by atomic mass is 16.5. The van der Waals surface area contributed by atoms with Gasteiger partial charge in [-0.2, -0.15) is 0 Å². The van der Waals surface area contributed by atoms with Crippen molar-refractivity contribution in [1.29, 1.82) is 0 Å². The molecular weight excluding hydrogens is 366 g/mol. The Morgan fingerprint density at radius 1 is 1.00 bits per heavy atom. The van der Waals surface area contributed by atoms with Gasteiger partial charge >= 0.3 is 0 Å². The van der Waals surface area contributed by atoms with E-state index in [0.717, 1.165) is 18.8 Å².